The highest BCUT2D eigenvalue weighted by Crippen LogP contribution is 2.31. The molecule has 0 fully saturated rings. The van der Waals surface area contributed by atoms with Crippen molar-refractivity contribution in [3.63, 3.8) is 0 Å². The van der Waals surface area contributed by atoms with Crippen molar-refractivity contribution in [2.45, 2.75) is 19.3 Å². The van der Waals surface area contributed by atoms with E-state index in [9.17, 15) is 0 Å². The first kappa shape index (κ1) is 37.2. The Bertz CT molecular complexity index is 2790. The molecule has 9 rings (SSSR count). The Hall–Kier alpha value is -7.38. The number of aromatic nitrogens is 3. The molecule has 0 saturated carbocycles. The highest BCUT2D eigenvalue weighted by molar-refractivity contribution is 5.99. The van der Waals surface area contributed by atoms with Crippen LogP contribution in [0.25, 0.3) is 67.2 Å². The summed E-state index contributed by atoms with van der Waals surface area (Å²) < 4.78 is 0. The second kappa shape index (κ2) is 17.0. The number of fused-ring (bicyclic) bond motifs is 1. The Labute approximate surface area is 344 Å². The fourth-order valence-corrected chi connectivity index (χ4v) is 7.30. The number of nitrogens with one attached hydrogen (secondary N) is 1. The van der Waals surface area contributed by atoms with Crippen molar-refractivity contribution in [2.75, 3.05) is 0 Å². The van der Waals surface area contributed by atoms with Crippen molar-refractivity contribution in [2.24, 2.45) is 10.7 Å². The van der Waals surface area contributed by atoms with Crippen molar-refractivity contribution >= 4 is 16.5 Å². The van der Waals surface area contributed by atoms with E-state index in [2.05, 4.69) is 109 Å². The summed E-state index contributed by atoms with van der Waals surface area (Å²) in [6.07, 6.45) is -0.668. The van der Waals surface area contributed by atoms with Gasteiger partial charge in [0.1, 0.15) is 6.17 Å². The van der Waals surface area contributed by atoms with Crippen LogP contribution in [0, 0.1) is 0 Å². The van der Waals surface area contributed by atoms with Gasteiger partial charge in [-0.3, -0.25) is 10.3 Å². The summed E-state index contributed by atoms with van der Waals surface area (Å²) in [5.41, 5.74) is 18.0. The van der Waals surface area contributed by atoms with Crippen molar-refractivity contribution in [3.8, 4) is 56.4 Å². The van der Waals surface area contributed by atoms with Crippen LogP contribution in [-0.2, 0) is 0 Å². The van der Waals surface area contributed by atoms with Crippen molar-refractivity contribution in [1.82, 2.24) is 20.3 Å². The van der Waals surface area contributed by atoms with E-state index in [1.54, 1.807) is 0 Å². The zero-order valence-electron chi connectivity index (χ0n) is 32.7. The minimum atomic E-state index is -0.364. The lowest BCUT2D eigenvalue weighted by Gasteiger charge is -2.22. The van der Waals surface area contributed by atoms with Gasteiger partial charge in [-0.25, -0.2) is 15.0 Å². The molecular weight excluding hydrogens is 721 g/mol. The smallest absolute Gasteiger partial charge is 0.164 e. The molecule has 0 aliphatic carbocycles. The highest BCUT2D eigenvalue weighted by atomic mass is 15.1. The molecule has 0 radical (unpaired) electrons. The summed E-state index contributed by atoms with van der Waals surface area (Å²) >= 11 is 0. The minimum absolute atomic E-state index is 0.305. The molecule has 0 saturated heterocycles. The molecule has 0 bridgehead atoms. The third-order valence-electron chi connectivity index (χ3n) is 10.6. The molecule has 2 unspecified atom stereocenters. The molecule has 284 valence electrons. The monoisotopic (exact) mass is 762 g/mol. The number of hydrogen-bond donors (Lipinski definition) is 2. The SMILES string of the molecule is C/C(=N\C(NC(N)c1ccccc1)c1ccccc1)c1ccc(-c2ccc3ccc(-c4ccc(-c5nc(-c6ccccc6)nc(-c6ccccc6)n5)cc4)cc3c2)cc1. The average Bonchev–Trinajstić information content (AvgIpc) is 3.32. The van der Waals surface area contributed by atoms with Crippen molar-refractivity contribution in [1.29, 1.82) is 0 Å². The summed E-state index contributed by atoms with van der Waals surface area (Å²) in [7, 11) is 0. The molecule has 9 aromatic rings. The van der Waals surface area contributed by atoms with Crippen LogP contribution < -0.4 is 11.1 Å². The number of nitrogens with two attached hydrogens (primary N) is 1. The van der Waals surface area contributed by atoms with Crippen LogP contribution >= 0.6 is 0 Å². The zero-order valence-corrected chi connectivity index (χ0v) is 32.7. The lowest BCUT2D eigenvalue weighted by atomic mass is 9.96. The maximum atomic E-state index is 6.60. The molecule has 1 aromatic heterocycles. The fraction of sp³-hybridized carbons (Fsp3) is 0.0566. The van der Waals surface area contributed by atoms with E-state index < -0.39 is 0 Å². The second-order valence-corrected chi connectivity index (χ2v) is 14.6. The summed E-state index contributed by atoms with van der Waals surface area (Å²) in [6.45, 7) is 2.05. The fourth-order valence-electron chi connectivity index (χ4n) is 7.30. The van der Waals surface area contributed by atoms with Gasteiger partial charge in [0.2, 0.25) is 0 Å². The summed E-state index contributed by atoms with van der Waals surface area (Å²) in [6, 6.07) is 70.8. The van der Waals surface area contributed by atoms with Crippen molar-refractivity contribution < 1.29 is 0 Å². The first-order valence-electron chi connectivity index (χ1n) is 19.8. The Balaban J connectivity index is 0.957. The highest BCUT2D eigenvalue weighted by Gasteiger charge is 2.16. The van der Waals surface area contributed by atoms with Gasteiger partial charge < -0.3 is 5.73 Å². The maximum Gasteiger partial charge on any atom is 0.164 e. The van der Waals surface area contributed by atoms with Crippen molar-refractivity contribution in [3.05, 3.63) is 223 Å². The Morgan fingerprint density at radius 2 is 0.814 bits per heavy atom. The molecule has 1 heterocycles. The third-order valence-corrected chi connectivity index (χ3v) is 10.6. The molecular formula is C53H42N6. The normalized spacial score (nSPS) is 12.6. The molecule has 59 heavy (non-hydrogen) atoms. The van der Waals surface area contributed by atoms with Gasteiger partial charge in [0.25, 0.3) is 0 Å². The first-order valence-corrected chi connectivity index (χ1v) is 19.8. The molecule has 8 aromatic carbocycles. The maximum absolute atomic E-state index is 6.60. The zero-order chi connectivity index (χ0) is 40.0. The average molecular weight is 763 g/mol. The predicted octanol–water partition coefficient (Wildman–Crippen LogP) is 12.1. The molecule has 0 spiro atoms. The molecule has 6 nitrogen and oxygen atoms in total. The Morgan fingerprint density at radius 3 is 1.31 bits per heavy atom. The molecule has 3 N–H and O–H groups in total. The Morgan fingerprint density at radius 1 is 0.424 bits per heavy atom. The van der Waals surface area contributed by atoms with Gasteiger partial charge in [0.15, 0.2) is 17.5 Å². The van der Waals surface area contributed by atoms with Crippen LogP contribution in [0.2, 0.25) is 0 Å². The quantitative estimate of drug-likeness (QED) is 0.101. The largest absolute Gasteiger partial charge is 0.312 e. The first-order chi connectivity index (χ1) is 29.0. The van der Waals surface area contributed by atoms with E-state index in [1.807, 2.05) is 109 Å². The van der Waals surface area contributed by atoms with E-state index in [4.69, 9.17) is 25.7 Å². The van der Waals surface area contributed by atoms with E-state index in [0.717, 1.165) is 61.3 Å². The van der Waals surface area contributed by atoms with Gasteiger partial charge in [0.05, 0.1) is 6.17 Å². The lowest BCUT2D eigenvalue weighted by Crippen LogP contribution is -2.32. The van der Waals surface area contributed by atoms with E-state index in [-0.39, 0.29) is 12.3 Å². The molecule has 6 heteroatoms. The second-order valence-electron chi connectivity index (χ2n) is 14.6. The standard InChI is InChI=1S/C53H42N6/c1-36(55-50(42-16-8-3-9-17-42)56-49(54)41-14-6-2-7-15-41)37-22-24-38(25-23-37)46-32-28-40-29-33-47(35-48(40)34-46)39-26-30-45(31-27-39)53-58-51(43-18-10-4-11-19-43)57-52(59-53)44-20-12-5-13-21-44/h2-35,49-50,56H,54H2,1H3/b55-36+. The minimum Gasteiger partial charge on any atom is -0.312 e. The summed E-state index contributed by atoms with van der Waals surface area (Å²) in [5, 5.41) is 5.89. The van der Waals surface area contributed by atoms with Gasteiger partial charge in [-0.05, 0) is 68.8 Å². The molecule has 0 amide bonds. The van der Waals surface area contributed by atoms with E-state index in [0.29, 0.717) is 17.5 Å². The molecule has 2 atom stereocenters. The van der Waals surface area contributed by atoms with Gasteiger partial charge in [-0.1, -0.05) is 194 Å². The number of aliphatic imine (C=N–C) groups is 1. The number of rotatable bonds is 11. The molecule has 0 aliphatic rings. The summed E-state index contributed by atoms with van der Waals surface area (Å²) in [5.74, 6) is 1.94. The van der Waals surface area contributed by atoms with Crippen LogP contribution in [0.15, 0.2) is 211 Å². The number of hydrogen-bond acceptors (Lipinski definition) is 6. The predicted molar refractivity (Wildman–Crippen MR) is 242 cm³/mol. The van der Waals surface area contributed by atoms with Crippen LogP contribution in [-0.4, -0.2) is 20.7 Å². The van der Waals surface area contributed by atoms with Gasteiger partial charge >= 0.3 is 0 Å². The Kier molecular flexibility index (Phi) is 10.7. The van der Waals surface area contributed by atoms with Crippen LogP contribution in [0.3, 0.4) is 0 Å². The number of benzene rings is 8. The molecule has 0 aliphatic heterocycles. The number of nitrogens with zero attached hydrogens (tertiary/aromatic N) is 4. The lowest BCUT2D eigenvalue weighted by molar-refractivity contribution is 0.466. The van der Waals surface area contributed by atoms with E-state index in [1.165, 1.54) is 10.8 Å². The van der Waals surface area contributed by atoms with Gasteiger partial charge in [0, 0.05) is 22.4 Å². The van der Waals surface area contributed by atoms with Crippen LogP contribution in [0.1, 0.15) is 35.9 Å². The topological polar surface area (TPSA) is 89.1 Å². The van der Waals surface area contributed by atoms with Gasteiger partial charge in [-0.2, -0.15) is 0 Å². The van der Waals surface area contributed by atoms with Crippen LogP contribution in [0.4, 0.5) is 0 Å². The third kappa shape index (κ3) is 8.50. The van der Waals surface area contributed by atoms with Gasteiger partial charge in [-0.15, -0.1) is 0 Å². The van der Waals surface area contributed by atoms with Crippen LogP contribution in [0.5, 0.6) is 0 Å². The van der Waals surface area contributed by atoms with E-state index >= 15 is 0 Å². The summed E-state index contributed by atoms with van der Waals surface area (Å²) in [4.78, 5) is 19.8.